The minimum Gasteiger partial charge on any atom is -0.490 e. The zero-order valence-corrected chi connectivity index (χ0v) is 14.8. The van der Waals surface area contributed by atoms with Crippen LogP contribution in [0, 0.1) is 0 Å². The quantitative estimate of drug-likeness (QED) is 0.593. The minimum absolute atomic E-state index is 0.259. The number of aldehydes is 1. The molecular formula is C16H13BrCl2O3. The molecule has 0 saturated heterocycles. The minimum atomic E-state index is 0.259. The number of carbonyl (C=O) groups excluding carboxylic acids is 1. The molecular weight excluding hydrogens is 391 g/mol. The first-order valence-corrected chi connectivity index (χ1v) is 8.08. The van der Waals surface area contributed by atoms with Gasteiger partial charge in [0.2, 0.25) is 0 Å². The van der Waals surface area contributed by atoms with E-state index in [0.29, 0.717) is 38.2 Å². The zero-order valence-electron chi connectivity index (χ0n) is 11.7. The summed E-state index contributed by atoms with van der Waals surface area (Å²) >= 11 is 15.4. The molecule has 0 heterocycles. The predicted octanol–water partition coefficient (Wildman–Crippen LogP) is 5.55. The van der Waals surface area contributed by atoms with E-state index < -0.39 is 0 Å². The normalized spacial score (nSPS) is 10.4. The summed E-state index contributed by atoms with van der Waals surface area (Å²) in [5, 5.41) is 1.10. The molecule has 0 saturated carbocycles. The second-order valence-electron chi connectivity index (χ2n) is 4.41. The van der Waals surface area contributed by atoms with Crippen molar-refractivity contribution >= 4 is 45.4 Å². The largest absolute Gasteiger partial charge is 0.490 e. The lowest BCUT2D eigenvalue weighted by molar-refractivity contribution is 0.112. The first-order valence-electron chi connectivity index (χ1n) is 6.53. The second kappa shape index (κ2) is 7.86. The molecule has 0 aliphatic heterocycles. The second-order valence-corrected chi connectivity index (χ2v) is 6.10. The van der Waals surface area contributed by atoms with Crippen LogP contribution < -0.4 is 9.47 Å². The van der Waals surface area contributed by atoms with E-state index in [1.165, 1.54) is 0 Å². The van der Waals surface area contributed by atoms with Gasteiger partial charge in [-0.15, -0.1) is 0 Å². The average molecular weight is 404 g/mol. The van der Waals surface area contributed by atoms with Gasteiger partial charge in [-0.05, 0) is 47.1 Å². The van der Waals surface area contributed by atoms with Gasteiger partial charge >= 0.3 is 0 Å². The van der Waals surface area contributed by atoms with Crippen molar-refractivity contribution in [1.82, 2.24) is 0 Å². The molecule has 0 spiro atoms. The lowest BCUT2D eigenvalue weighted by Crippen LogP contribution is -2.02. The van der Waals surface area contributed by atoms with Crippen LogP contribution in [-0.2, 0) is 6.61 Å². The molecule has 0 fully saturated rings. The summed E-state index contributed by atoms with van der Waals surface area (Å²) < 4.78 is 12.0. The van der Waals surface area contributed by atoms with Crippen molar-refractivity contribution in [2.45, 2.75) is 13.5 Å². The number of benzene rings is 2. The standard InChI is InChI=1S/C16H13BrCl2O3/c1-2-21-15-6-10(8-20)5-13(17)16(15)22-9-11-3-4-12(18)7-14(11)19/h3-8H,2,9H2,1H3. The molecule has 0 radical (unpaired) electrons. The number of carbonyl (C=O) groups is 1. The fourth-order valence-corrected chi connectivity index (χ4v) is 2.88. The molecule has 6 heteroatoms. The number of halogens is 3. The molecule has 0 N–H and O–H groups in total. The van der Waals surface area contributed by atoms with E-state index in [-0.39, 0.29) is 6.61 Å². The average Bonchev–Trinajstić information content (AvgIpc) is 2.48. The fraction of sp³-hybridized carbons (Fsp3) is 0.188. The van der Waals surface area contributed by atoms with Gasteiger partial charge in [0.15, 0.2) is 11.5 Å². The molecule has 0 aromatic heterocycles. The highest BCUT2D eigenvalue weighted by molar-refractivity contribution is 9.10. The molecule has 0 unspecified atom stereocenters. The fourth-order valence-electron chi connectivity index (χ4n) is 1.85. The predicted molar refractivity (Wildman–Crippen MR) is 91.5 cm³/mol. The Hall–Kier alpha value is -1.23. The van der Waals surface area contributed by atoms with Gasteiger partial charge in [-0.2, -0.15) is 0 Å². The van der Waals surface area contributed by atoms with Crippen LogP contribution in [0.5, 0.6) is 11.5 Å². The topological polar surface area (TPSA) is 35.5 Å². The van der Waals surface area contributed by atoms with Crippen LogP contribution in [-0.4, -0.2) is 12.9 Å². The van der Waals surface area contributed by atoms with Crippen LogP contribution >= 0.6 is 39.1 Å². The van der Waals surface area contributed by atoms with E-state index in [2.05, 4.69) is 15.9 Å². The molecule has 2 aromatic carbocycles. The van der Waals surface area contributed by atoms with Gasteiger partial charge in [0.05, 0.1) is 11.1 Å². The van der Waals surface area contributed by atoms with E-state index in [4.69, 9.17) is 32.7 Å². The van der Waals surface area contributed by atoms with Crippen LogP contribution in [0.25, 0.3) is 0 Å². The first kappa shape index (κ1) is 17.1. The summed E-state index contributed by atoms with van der Waals surface area (Å²) in [7, 11) is 0. The first-order chi connectivity index (χ1) is 10.5. The van der Waals surface area contributed by atoms with Gasteiger partial charge in [-0.25, -0.2) is 0 Å². The summed E-state index contributed by atoms with van der Waals surface area (Å²) in [5.74, 6) is 1.03. The van der Waals surface area contributed by atoms with Crippen LogP contribution in [0.4, 0.5) is 0 Å². The van der Waals surface area contributed by atoms with Gasteiger partial charge < -0.3 is 9.47 Å². The maximum absolute atomic E-state index is 10.9. The van der Waals surface area contributed by atoms with E-state index in [1.54, 1.807) is 30.3 Å². The summed E-state index contributed by atoms with van der Waals surface area (Å²) in [4.78, 5) is 10.9. The summed E-state index contributed by atoms with van der Waals surface area (Å²) in [6.07, 6.45) is 0.757. The maximum atomic E-state index is 10.9. The van der Waals surface area contributed by atoms with Gasteiger partial charge in [-0.3, -0.25) is 4.79 Å². The van der Waals surface area contributed by atoms with Gasteiger partial charge in [0.25, 0.3) is 0 Å². The third-order valence-corrected chi connectivity index (χ3v) is 4.03. The number of rotatable bonds is 6. The smallest absolute Gasteiger partial charge is 0.175 e. The van der Waals surface area contributed by atoms with E-state index >= 15 is 0 Å². The molecule has 0 amide bonds. The summed E-state index contributed by atoms with van der Waals surface area (Å²) in [5.41, 5.74) is 1.31. The van der Waals surface area contributed by atoms with Crippen molar-refractivity contribution in [2.75, 3.05) is 6.61 Å². The lowest BCUT2D eigenvalue weighted by atomic mass is 10.2. The summed E-state index contributed by atoms with van der Waals surface area (Å²) in [6.45, 7) is 2.59. The molecule has 2 rings (SSSR count). The molecule has 0 aliphatic rings. The molecule has 2 aromatic rings. The van der Waals surface area contributed by atoms with Gasteiger partial charge in [0, 0.05) is 21.2 Å². The highest BCUT2D eigenvalue weighted by Crippen LogP contribution is 2.37. The van der Waals surface area contributed by atoms with Crippen LogP contribution in [0.3, 0.4) is 0 Å². The Labute approximate surface area is 147 Å². The highest BCUT2D eigenvalue weighted by atomic mass is 79.9. The van der Waals surface area contributed by atoms with Crippen LogP contribution in [0.1, 0.15) is 22.8 Å². The monoisotopic (exact) mass is 402 g/mol. The Morgan fingerprint density at radius 2 is 1.95 bits per heavy atom. The van der Waals surface area contributed by atoms with Crippen molar-refractivity contribution in [3.05, 3.63) is 56.0 Å². The van der Waals surface area contributed by atoms with Crippen LogP contribution in [0.15, 0.2) is 34.8 Å². The van der Waals surface area contributed by atoms with Crippen molar-refractivity contribution in [2.24, 2.45) is 0 Å². The van der Waals surface area contributed by atoms with Crippen LogP contribution in [0.2, 0.25) is 10.0 Å². The Bertz CT molecular complexity index is 689. The molecule has 22 heavy (non-hydrogen) atoms. The summed E-state index contributed by atoms with van der Waals surface area (Å²) in [6, 6.07) is 8.53. The molecule has 3 nitrogen and oxygen atoms in total. The van der Waals surface area contributed by atoms with Crippen molar-refractivity contribution in [3.63, 3.8) is 0 Å². The van der Waals surface area contributed by atoms with Crippen molar-refractivity contribution in [3.8, 4) is 11.5 Å². The molecule has 0 aliphatic carbocycles. The van der Waals surface area contributed by atoms with E-state index in [1.807, 2.05) is 6.92 Å². The Morgan fingerprint density at radius 3 is 2.59 bits per heavy atom. The number of ether oxygens (including phenoxy) is 2. The number of hydrogen-bond acceptors (Lipinski definition) is 3. The maximum Gasteiger partial charge on any atom is 0.175 e. The third kappa shape index (κ3) is 4.15. The Morgan fingerprint density at radius 1 is 1.18 bits per heavy atom. The van der Waals surface area contributed by atoms with Crippen molar-refractivity contribution in [1.29, 1.82) is 0 Å². The van der Waals surface area contributed by atoms with E-state index in [9.17, 15) is 4.79 Å². The molecule has 0 bridgehead atoms. The van der Waals surface area contributed by atoms with E-state index in [0.717, 1.165) is 11.8 Å². The molecule has 116 valence electrons. The van der Waals surface area contributed by atoms with Crippen molar-refractivity contribution < 1.29 is 14.3 Å². The number of hydrogen-bond donors (Lipinski definition) is 0. The van der Waals surface area contributed by atoms with Gasteiger partial charge in [0.1, 0.15) is 12.9 Å². The van der Waals surface area contributed by atoms with Gasteiger partial charge in [-0.1, -0.05) is 29.3 Å². The molecule has 0 atom stereocenters. The zero-order chi connectivity index (χ0) is 16.1. The Balaban J connectivity index is 2.26. The third-order valence-electron chi connectivity index (χ3n) is 2.85. The SMILES string of the molecule is CCOc1cc(C=O)cc(Br)c1OCc1ccc(Cl)cc1Cl. The highest BCUT2D eigenvalue weighted by Gasteiger charge is 2.13. The lowest BCUT2D eigenvalue weighted by Gasteiger charge is -2.15. The Kier molecular flexibility index (Phi) is 6.12.